The van der Waals surface area contributed by atoms with Crippen molar-refractivity contribution in [3.05, 3.63) is 0 Å². The fraction of sp³-hybridized carbons (Fsp3) is 1.00. The van der Waals surface area contributed by atoms with Crippen LogP contribution in [-0.4, -0.2) is 44.3 Å². The van der Waals surface area contributed by atoms with E-state index in [9.17, 15) is 0 Å². The van der Waals surface area contributed by atoms with Crippen molar-refractivity contribution >= 4 is 0 Å². The Labute approximate surface area is 99.3 Å². The SMILES string of the molecule is COCC1CCCN(C(CN)C2CCC2)C1. The molecule has 2 aliphatic rings. The van der Waals surface area contributed by atoms with Crippen LogP contribution >= 0.6 is 0 Å². The molecule has 3 heteroatoms. The van der Waals surface area contributed by atoms with E-state index in [0.717, 1.165) is 25.0 Å². The summed E-state index contributed by atoms with van der Waals surface area (Å²) < 4.78 is 5.29. The number of hydrogen-bond donors (Lipinski definition) is 1. The number of ether oxygens (including phenoxy) is 1. The summed E-state index contributed by atoms with van der Waals surface area (Å²) in [7, 11) is 1.81. The molecule has 1 aliphatic heterocycles. The number of hydrogen-bond acceptors (Lipinski definition) is 3. The maximum absolute atomic E-state index is 5.96. The van der Waals surface area contributed by atoms with Crippen molar-refractivity contribution in [3.63, 3.8) is 0 Å². The zero-order valence-electron chi connectivity index (χ0n) is 10.5. The lowest BCUT2D eigenvalue weighted by Crippen LogP contribution is -2.51. The average molecular weight is 226 g/mol. The molecule has 2 atom stereocenters. The Morgan fingerprint density at radius 1 is 1.31 bits per heavy atom. The Bertz CT molecular complexity index is 204. The normalized spacial score (nSPS) is 30.0. The van der Waals surface area contributed by atoms with Crippen LogP contribution < -0.4 is 5.73 Å². The Balaban J connectivity index is 1.85. The topological polar surface area (TPSA) is 38.5 Å². The molecular weight excluding hydrogens is 200 g/mol. The summed E-state index contributed by atoms with van der Waals surface area (Å²) in [5, 5.41) is 0. The third-order valence-electron chi connectivity index (χ3n) is 4.36. The lowest BCUT2D eigenvalue weighted by atomic mass is 9.78. The predicted octanol–water partition coefficient (Wildman–Crippen LogP) is 1.47. The molecule has 1 saturated heterocycles. The van der Waals surface area contributed by atoms with E-state index in [1.54, 1.807) is 0 Å². The van der Waals surface area contributed by atoms with Crippen LogP contribution in [0, 0.1) is 11.8 Å². The standard InChI is InChI=1S/C13H26N2O/c1-16-10-11-4-3-7-15(9-11)13(8-14)12-5-2-6-12/h11-13H,2-10,14H2,1H3. The highest BCUT2D eigenvalue weighted by Gasteiger charge is 2.33. The number of methoxy groups -OCH3 is 1. The van der Waals surface area contributed by atoms with Crippen molar-refractivity contribution in [2.24, 2.45) is 17.6 Å². The van der Waals surface area contributed by atoms with Gasteiger partial charge in [-0.05, 0) is 44.1 Å². The molecule has 1 aliphatic carbocycles. The van der Waals surface area contributed by atoms with Gasteiger partial charge in [0.1, 0.15) is 0 Å². The van der Waals surface area contributed by atoms with Crippen LogP contribution in [0.5, 0.6) is 0 Å². The Morgan fingerprint density at radius 3 is 2.69 bits per heavy atom. The smallest absolute Gasteiger partial charge is 0.0502 e. The van der Waals surface area contributed by atoms with Gasteiger partial charge < -0.3 is 10.5 Å². The van der Waals surface area contributed by atoms with Crippen LogP contribution in [0.2, 0.25) is 0 Å². The molecule has 3 nitrogen and oxygen atoms in total. The summed E-state index contributed by atoms with van der Waals surface area (Å²) in [5.74, 6) is 1.61. The fourth-order valence-electron chi connectivity index (χ4n) is 3.23. The summed E-state index contributed by atoms with van der Waals surface area (Å²) in [4.78, 5) is 2.64. The quantitative estimate of drug-likeness (QED) is 0.771. The molecule has 0 bridgehead atoms. The van der Waals surface area contributed by atoms with Crippen LogP contribution in [0.1, 0.15) is 32.1 Å². The first-order valence-electron chi connectivity index (χ1n) is 6.78. The predicted molar refractivity (Wildman–Crippen MR) is 66.4 cm³/mol. The largest absolute Gasteiger partial charge is 0.384 e. The van der Waals surface area contributed by atoms with Crippen LogP contribution in [0.3, 0.4) is 0 Å². The lowest BCUT2D eigenvalue weighted by molar-refractivity contribution is 0.0356. The molecule has 0 amide bonds. The summed E-state index contributed by atoms with van der Waals surface area (Å²) >= 11 is 0. The van der Waals surface area contributed by atoms with Crippen LogP contribution in [0.25, 0.3) is 0 Å². The maximum atomic E-state index is 5.96. The monoisotopic (exact) mass is 226 g/mol. The van der Waals surface area contributed by atoms with Crippen molar-refractivity contribution in [3.8, 4) is 0 Å². The van der Waals surface area contributed by atoms with Gasteiger partial charge in [-0.2, -0.15) is 0 Å². The molecule has 0 aromatic rings. The first-order chi connectivity index (χ1) is 7.85. The van der Waals surface area contributed by atoms with Gasteiger partial charge in [0.15, 0.2) is 0 Å². The highest BCUT2D eigenvalue weighted by atomic mass is 16.5. The van der Waals surface area contributed by atoms with Gasteiger partial charge in [-0.15, -0.1) is 0 Å². The summed E-state index contributed by atoms with van der Waals surface area (Å²) in [6.45, 7) is 4.20. The molecule has 0 spiro atoms. The zero-order valence-corrected chi connectivity index (χ0v) is 10.5. The van der Waals surface area contributed by atoms with Gasteiger partial charge in [0.2, 0.25) is 0 Å². The van der Waals surface area contributed by atoms with Gasteiger partial charge in [0.05, 0.1) is 6.61 Å². The van der Waals surface area contributed by atoms with E-state index in [1.807, 2.05) is 7.11 Å². The Kier molecular flexibility index (Phi) is 4.62. The number of nitrogens with zero attached hydrogens (tertiary/aromatic N) is 1. The van der Waals surface area contributed by atoms with Gasteiger partial charge in [-0.25, -0.2) is 0 Å². The average Bonchev–Trinajstić information content (AvgIpc) is 2.24. The van der Waals surface area contributed by atoms with E-state index in [4.69, 9.17) is 10.5 Å². The van der Waals surface area contributed by atoms with Gasteiger partial charge >= 0.3 is 0 Å². The fourth-order valence-corrected chi connectivity index (χ4v) is 3.23. The molecular formula is C13H26N2O. The second kappa shape index (κ2) is 5.99. The summed E-state index contributed by atoms with van der Waals surface area (Å²) in [6, 6.07) is 0.647. The molecule has 0 aromatic carbocycles. The molecule has 2 rings (SSSR count). The molecule has 2 unspecified atom stereocenters. The number of likely N-dealkylation sites (tertiary alicyclic amines) is 1. The van der Waals surface area contributed by atoms with Crippen molar-refractivity contribution < 1.29 is 4.74 Å². The van der Waals surface area contributed by atoms with E-state index in [1.165, 1.54) is 45.2 Å². The molecule has 1 saturated carbocycles. The van der Waals surface area contributed by atoms with Crippen molar-refractivity contribution in [2.45, 2.75) is 38.1 Å². The van der Waals surface area contributed by atoms with Gasteiger partial charge in [0, 0.05) is 26.2 Å². The second-order valence-electron chi connectivity index (χ2n) is 5.45. The van der Waals surface area contributed by atoms with E-state index in [-0.39, 0.29) is 0 Å². The zero-order chi connectivity index (χ0) is 11.4. The van der Waals surface area contributed by atoms with Crippen molar-refractivity contribution in [2.75, 3.05) is 33.4 Å². The van der Waals surface area contributed by atoms with Crippen molar-refractivity contribution in [1.29, 1.82) is 0 Å². The second-order valence-corrected chi connectivity index (χ2v) is 5.45. The molecule has 2 N–H and O–H groups in total. The third kappa shape index (κ3) is 2.76. The third-order valence-corrected chi connectivity index (χ3v) is 4.36. The van der Waals surface area contributed by atoms with Crippen molar-refractivity contribution in [1.82, 2.24) is 4.90 Å². The Morgan fingerprint density at radius 2 is 2.12 bits per heavy atom. The molecule has 16 heavy (non-hydrogen) atoms. The van der Waals surface area contributed by atoms with Gasteiger partial charge in [-0.1, -0.05) is 6.42 Å². The molecule has 0 radical (unpaired) electrons. The minimum Gasteiger partial charge on any atom is -0.384 e. The number of rotatable bonds is 5. The highest BCUT2D eigenvalue weighted by Crippen LogP contribution is 2.33. The van der Waals surface area contributed by atoms with Crippen LogP contribution in [-0.2, 0) is 4.74 Å². The molecule has 0 aromatic heterocycles. The summed E-state index contributed by atoms with van der Waals surface area (Å²) in [5.41, 5.74) is 5.96. The van der Waals surface area contributed by atoms with E-state index in [0.29, 0.717) is 6.04 Å². The number of piperidine rings is 1. The maximum Gasteiger partial charge on any atom is 0.0502 e. The van der Waals surface area contributed by atoms with Gasteiger partial charge in [-0.3, -0.25) is 4.90 Å². The van der Waals surface area contributed by atoms with Gasteiger partial charge in [0.25, 0.3) is 0 Å². The van der Waals surface area contributed by atoms with E-state index in [2.05, 4.69) is 4.90 Å². The van der Waals surface area contributed by atoms with Crippen LogP contribution in [0.4, 0.5) is 0 Å². The molecule has 2 fully saturated rings. The first-order valence-corrected chi connectivity index (χ1v) is 6.78. The molecule has 94 valence electrons. The van der Waals surface area contributed by atoms with Crippen LogP contribution in [0.15, 0.2) is 0 Å². The minimum absolute atomic E-state index is 0.647. The first kappa shape index (κ1) is 12.3. The lowest BCUT2D eigenvalue weighted by Gasteiger charge is -2.44. The molecule has 1 heterocycles. The minimum atomic E-state index is 0.647. The highest BCUT2D eigenvalue weighted by molar-refractivity contribution is 4.88. The summed E-state index contributed by atoms with van der Waals surface area (Å²) in [6.07, 6.45) is 6.85. The number of nitrogens with two attached hydrogens (primary N) is 1. The van der Waals surface area contributed by atoms with E-state index >= 15 is 0 Å². The van der Waals surface area contributed by atoms with E-state index < -0.39 is 0 Å². The Hall–Kier alpha value is -0.120.